The number of carbonyl (C=O) groups excluding carboxylic acids is 3. The van der Waals surface area contributed by atoms with Gasteiger partial charge in [-0.1, -0.05) is 18.6 Å². The van der Waals surface area contributed by atoms with E-state index in [4.69, 9.17) is 16.2 Å². The second-order valence-electron chi connectivity index (χ2n) is 11.3. The molecule has 39 heavy (non-hydrogen) atoms. The van der Waals surface area contributed by atoms with Gasteiger partial charge in [-0.25, -0.2) is 9.98 Å². The summed E-state index contributed by atoms with van der Waals surface area (Å²) in [6, 6.07) is 2.29. The number of nitrogens with one attached hydrogen (secondary N) is 2. The highest BCUT2D eigenvalue weighted by molar-refractivity contribution is 6.02. The van der Waals surface area contributed by atoms with Crippen molar-refractivity contribution in [3.05, 3.63) is 29.3 Å². The molecule has 206 valence electrons. The molecule has 1 aliphatic carbocycles. The molecule has 1 aromatic rings. The van der Waals surface area contributed by atoms with E-state index in [9.17, 15) is 24.6 Å². The summed E-state index contributed by atoms with van der Waals surface area (Å²) in [7, 11) is 0. The van der Waals surface area contributed by atoms with Crippen LogP contribution in [0.4, 0.5) is 0 Å². The van der Waals surface area contributed by atoms with Crippen LogP contribution in [0.5, 0.6) is 5.75 Å². The van der Waals surface area contributed by atoms with Crippen LogP contribution < -0.4 is 26.8 Å². The molecule has 0 bridgehead atoms. The number of likely N-dealkylation sites (tertiary alicyclic amines) is 1. The van der Waals surface area contributed by atoms with Gasteiger partial charge in [0.1, 0.15) is 17.8 Å². The average Bonchev–Trinajstić information content (AvgIpc) is 3.58. The number of nitrogens with zero attached hydrogens (tertiary/aromatic N) is 4. The summed E-state index contributed by atoms with van der Waals surface area (Å²) >= 11 is 0. The number of imide groups is 1. The molecule has 3 unspecified atom stereocenters. The minimum atomic E-state index is -2.64. The van der Waals surface area contributed by atoms with E-state index in [0.29, 0.717) is 17.9 Å². The van der Waals surface area contributed by atoms with E-state index in [-0.39, 0.29) is 55.1 Å². The molecular weight excluding hydrogens is 508 g/mol. The van der Waals surface area contributed by atoms with E-state index in [1.165, 1.54) is 4.90 Å². The van der Waals surface area contributed by atoms with E-state index in [2.05, 4.69) is 20.6 Å². The summed E-state index contributed by atoms with van der Waals surface area (Å²) in [5.74, 6) is -3.47. The lowest BCUT2D eigenvalue weighted by Crippen LogP contribution is -2.78. The number of nitrogens with two attached hydrogens (primary N) is 2. The maximum absolute atomic E-state index is 13.5. The maximum Gasteiger partial charge on any atom is 0.255 e. The molecule has 1 aromatic carbocycles. The maximum atomic E-state index is 13.5. The highest BCUT2D eigenvalue weighted by Crippen LogP contribution is 2.52. The Labute approximate surface area is 223 Å². The van der Waals surface area contributed by atoms with E-state index >= 15 is 0 Å². The molecule has 4 atom stereocenters. The second-order valence-corrected chi connectivity index (χ2v) is 11.3. The molecule has 0 radical (unpaired) electrons. The van der Waals surface area contributed by atoms with Gasteiger partial charge >= 0.3 is 0 Å². The summed E-state index contributed by atoms with van der Waals surface area (Å²) in [6.07, 6.45) is 3.32. The van der Waals surface area contributed by atoms with Crippen LogP contribution in [0.1, 0.15) is 48.0 Å². The van der Waals surface area contributed by atoms with Crippen molar-refractivity contribution in [3.63, 3.8) is 0 Å². The van der Waals surface area contributed by atoms with Crippen LogP contribution in [-0.2, 0) is 15.0 Å². The third-order valence-corrected chi connectivity index (χ3v) is 9.27. The van der Waals surface area contributed by atoms with Gasteiger partial charge in [0.05, 0.1) is 24.8 Å². The van der Waals surface area contributed by atoms with Crippen LogP contribution in [-0.4, -0.2) is 98.9 Å². The van der Waals surface area contributed by atoms with Gasteiger partial charge in [-0.15, -0.1) is 0 Å². The standard InChI is InChI=1S/C25H30N8O6/c26-21-30-19-14(9-32-16(34)5-6-17(32)35)28-22(27)33-10-15(25(37,38)24(19,33)31-21)29-20(36)12-3-1-4-13-18(12)39-11-23(13)7-2-8-23/h1,3-4,14-15,19,37-38H,2,5-11H2,(H2,27,28)(H,29,36)(H3,26,30,31)/t14?,15-,19?,24?/m0/s1. The Morgan fingerprint density at radius 3 is 2.62 bits per heavy atom. The molecule has 5 heterocycles. The smallest absolute Gasteiger partial charge is 0.255 e. The van der Waals surface area contributed by atoms with Crippen molar-refractivity contribution in [1.82, 2.24) is 20.4 Å². The number of aliphatic hydroxyl groups is 2. The predicted octanol–water partition coefficient (Wildman–Crippen LogP) is -2.58. The molecule has 14 nitrogen and oxygen atoms in total. The summed E-state index contributed by atoms with van der Waals surface area (Å²) < 4.78 is 5.97. The Hall–Kier alpha value is -3.91. The Kier molecular flexibility index (Phi) is 4.84. The number of benzene rings is 1. The van der Waals surface area contributed by atoms with Gasteiger partial charge < -0.3 is 42.0 Å². The SMILES string of the molecule is NC1=NC2C(CN3C(=O)CCC3=O)N=C(N)N3C[C@H](NC(=O)c4cccc5c4OCC54CCC4)C(O)(O)C23N1. The molecule has 2 spiro atoms. The molecular formula is C25H30N8O6. The lowest BCUT2D eigenvalue weighted by molar-refractivity contribution is -0.230. The second kappa shape index (κ2) is 7.82. The van der Waals surface area contributed by atoms with Crippen LogP contribution >= 0.6 is 0 Å². The first kappa shape index (κ1) is 24.2. The molecule has 0 aromatic heterocycles. The van der Waals surface area contributed by atoms with Gasteiger partial charge in [-0.2, -0.15) is 0 Å². The van der Waals surface area contributed by atoms with E-state index in [1.807, 2.05) is 12.1 Å². The fourth-order valence-electron chi connectivity index (χ4n) is 7.08. The minimum Gasteiger partial charge on any atom is -0.492 e. The van der Waals surface area contributed by atoms with Crippen molar-refractivity contribution in [2.75, 3.05) is 19.7 Å². The molecule has 3 amide bonds. The largest absolute Gasteiger partial charge is 0.492 e. The molecule has 6 aliphatic rings. The molecule has 8 N–H and O–H groups in total. The summed E-state index contributed by atoms with van der Waals surface area (Å²) in [6.45, 7) is 0.267. The number of rotatable bonds is 4. The number of hydrogen-bond donors (Lipinski definition) is 6. The number of fused-ring (bicyclic) bond motifs is 2. The van der Waals surface area contributed by atoms with E-state index in [0.717, 1.165) is 29.7 Å². The van der Waals surface area contributed by atoms with Gasteiger partial charge in [0.25, 0.3) is 5.91 Å². The van der Waals surface area contributed by atoms with Crippen molar-refractivity contribution in [2.45, 2.75) is 67.1 Å². The number of carbonyl (C=O) groups is 3. The van der Waals surface area contributed by atoms with Gasteiger partial charge in [-0.3, -0.25) is 19.3 Å². The quantitative estimate of drug-likeness (QED) is 0.174. The summed E-state index contributed by atoms with van der Waals surface area (Å²) in [4.78, 5) is 49.4. The van der Waals surface area contributed by atoms with Crippen molar-refractivity contribution in [2.24, 2.45) is 21.5 Å². The third-order valence-electron chi connectivity index (χ3n) is 9.27. The van der Waals surface area contributed by atoms with Gasteiger partial charge in [0, 0.05) is 30.4 Å². The first-order valence-corrected chi connectivity index (χ1v) is 13.1. The van der Waals surface area contributed by atoms with Gasteiger partial charge in [0.2, 0.25) is 17.6 Å². The zero-order valence-corrected chi connectivity index (χ0v) is 21.1. The number of hydrogen-bond acceptors (Lipinski definition) is 12. The lowest BCUT2D eigenvalue weighted by atomic mass is 9.66. The van der Waals surface area contributed by atoms with E-state index in [1.54, 1.807) is 6.07 Å². The zero-order valence-electron chi connectivity index (χ0n) is 21.1. The molecule has 14 heteroatoms. The molecule has 1 saturated carbocycles. The normalized spacial score (nSPS) is 33.0. The Morgan fingerprint density at radius 1 is 1.18 bits per heavy atom. The summed E-state index contributed by atoms with van der Waals surface area (Å²) in [5, 5.41) is 29.0. The zero-order chi connectivity index (χ0) is 27.3. The number of guanidine groups is 2. The van der Waals surface area contributed by atoms with Crippen molar-refractivity contribution < 1.29 is 29.3 Å². The first-order valence-electron chi connectivity index (χ1n) is 13.1. The van der Waals surface area contributed by atoms with Crippen LogP contribution in [0, 0.1) is 0 Å². The molecule has 5 aliphatic heterocycles. The highest BCUT2D eigenvalue weighted by atomic mass is 16.5. The topological polar surface area (TPSA) is 208 Å². The highest BCUT2D eigenvalue weighted by Gasteiger charge is 2.73. The molecule has 7 rings (SSSR count). The van der Waals surface area contributed by atoms with Crippen LogP contribution in [0.3, 0.4) is 0 Å². The predicted molar refractivity (Wildman–Crippen MR) is 135 cm³/mol. The molecule has 3 fully saturated rings. The Morgan fingerprint density at radius 2 is 1.92 bits per heavy atom. The van der Waals surface area contributed by atoms with Gasteiger partial charge in [-0.05, 0) is 18.9 Å². The van der Waals surface area contributed by atoms with E-state index < -0.39 is 35.5 Å². The van der Waals surface area contributed by atoms with Crippen LogP contribution in [0.2, 0.25) is 0 Å². The van der Waals surface area contributed by atoms with Crippen molar-refractivity contribution in [3.8, 4) is 5.75 Å². The monoisotopic (exact) mass is 538 g/mol. The number of aliphatic imine (C=N–C) groups is 2. The fraction of sp³-hybridized carbons (Fsp3) is 0.560. The summed E-state index contributed by atoms with van der Waals surface area (Å²) in [5.41, 5.74) is 11.8. The number of ether oxygens (including phenoxy) is 1. The number of para-hydroxylation sites is 1. The average molecular weight is 539 g/mol. The van der Waals surface area contributed by atoms with Crippen LogP contribution in [0.15, 0.2) is 28.2 Å². The number of amides is 3. The third kappa shape index (κ3) is 3.06. The minimum absolute atomic E-state index is 0.0514. The van der Waals surface area contributed by atoms with Gasteiger partial charge in [0.15, 0.2) is 17.6 Å². The first-order chi connectivity index (χ1) is 18.6. The Balaban J connectivity index is 1.19. The van der Waals surface area contributed by atoms with Crippen molar-refractivity contribution >= 4 is 29.6 Å². The fourth-order valence-corrected chi connectivity index (χ4v) is 7.08. The van der Waals surface area contributed by atoms with Crippen LogP contribution in [0.25, 0.3) is 0 Å². The Bertz CT molecular complexity index is 1360. The van der Waals surface area contributed by atoms with Crippen molar-refractivity contribution in [1.29, 1.82) is 0 Å². The molecule has 2 saturated heterocycles. The lowest BCUT2D eigenvalue weighted by Gasteiger charge is -2.49.